The Morgan fingerprint density at radius 2 is 1.85 bits per heavy atom. The lowest BCUT2D eigenvalue weighted by molar-refractivity contribution is 0.355. The number of nitrogens with two attached hydrogens (primary N) is 1. The van der Waals surface area contributed by atoms with Gasteiger partial charge < -0.3 is 20.1 Å². The Hall–Kier alpha value is -2.43. The van der Waals surface area contributed by atoms with Crippen molar-refractivity contribution in [3.8, 4) is 11.5 Å². The lowest BCUT2D eigenvalue weighted by Crippen LogP contribution is -2.18. The van der Waals surface area contributed by atoms with E-state index in [9.17, 15) is 0 Å². The van der Waals surface area contributed by atoms with Crippen LogP contribution >= 0.6 is 0 Å². The fraction of sp³-hybridized carbons (Fsp3) is 0.267. The van der Waals surface area contributed by atoms with Crippen molar-refractivity contribution in [3.63, 3.8) is 0 Å². The molecule has 0 amide bonds. The second-order valence-corrected chi connectivity index (χ2v) is 4.44. The third-order valence-electron chi connectivity index (χ3n) is 3.07. The highest BCUT2D eigenvalue weighted by atomic mass is 16.5. The van der Waals surface area contributed by atoms with Crippen LogP contribution in [0, 0.1) is 0 Å². The number of nitrogens with zero attached hydrogens (tertiary/aromatic N) is 2. The van der Waals surface area contributed by atoms with Crippen LogP contribution in [0.2, 0.25) is 0 Å². The highest BCUT2D eigenvalue weighted by Gasteiger charge is 2.12. The van der Waals surface area contributed by atoms with Gasteiger partial charge >= 0.3 is 0 Å². The summed E-state index contributed by atoms with van der Waals surface area (Å²) in [7, 11) is 5.16. The van der Waals surface area contributed by atoms with Gasteiger partial charge in [0.05, 0.1) is 37.8 Å². The van der Waals surface area contributed by atoms with Crippen molar-refractivity contribution in [1.82, 2.24) is 4.98 Å². The highest BCUT2D eigenvalue weighted by Crippen LogP contribution is 2.36. The first-order chi connectivity index (χ1) is 9.65. The maximum atomic E-state index is 6.08. The molecule has 5 nitrogen and oxygen atoms in total. The fourth-order valence-electron chi connectivity index (χ4n) is 2.03. The lowest BCUT2D eigenvalue weighted by Gasteiger charge is -2.22. The molecule has 0 bridgehead atoms. The summed E-state index contributed by atoms with van der Waals surface area (Å²) < 4.78 is 10.5. The number of anilines is 2. The van der Waals surface area contributed by atoms with Gasteiger partial charge in [-0.05, 0) is 12.1 Å². The molecule has 5 heteroatoms. The summed E-state index contributed by atoms with van der Waals surface area (Å²) in [4.78, 5) is 6.34. The number of hydrogen-bond acceptors (Lipinski definition) is 5. The van der Waals surface area contributed by atoms with Crippen LogP contribution in [0.5, 0.6) is 11.5 Å². The van der Waals surface area contributed by atoms with Crippen molar-refractivity contribution in [1.29, 1.82) is 0 Å². The maximum Gasteiger partial charge on any atom is 0.162 e. The first-order valence-corrected chi connectivity index (χ1v) is 6.28. The predicted molar refractivity (Wildman–Crippen MR) is 80.3 cm³/mol. The highest BCUT2D eigenvalue weighted by molar-refractivity contribution is 5.72. The minimum atomic E-state index is 0.625. The van der Waals surface area contributed by atoms with Crippen LogP contribution in [0.25, 0.3) is 0 Å². The van der Waals surface area contributed by atoms with E-state index in [0.717, 1.165) is 11.4 Å². The van der Waals surface area contributed by atoms with Crippen LogP contribution in [-0.4, -0.2) is 26.3 Å². The molecule has 0 unspecified atom stereocenters. The number of nitrogen functional groups attached to an aromatic ring is 1. The Balaban J connectivity index is 2.27. The molecule has 0 saturated heterocycles. The lowest BCUT2D eigenvalue weighted by atomic mass is 10.2. The molecule has 106 valence electrons. The fourth-order valence-corrected chi connectivity index (χ4v) is 2.03. The third-order valence-corrected chi connectivity index (χ3v) is 3.07. The zero-order chi connectivity index (χ0) is 14.5. The number of rotatable bonds is 5. The zero-order valence-corrected chi connectivity index (χ0v) is 12.0. The number of ether oxygens (including phenoxy) is 2. The Labute approximate surface area is 118 Å². The molecule has 0 spiro atoms. The van der Waals surface area contributed by atoms with Gasteiger partial charge in [0.2, 0.25) is 0 Å². The van der Waals surface area contributed by atoms with Crippen LogP contribution < -0.4 is 20.1 Å². The number of hydrogen-bond donors (Lipinski definition) is 1. The summed E-state index contributed by atoms with van der Waals surface area (Å²) in [5.41, 5.74) is 8.58. The standard InChI is InChI=1S/C15H19N3O2/c1-18(10-11-6-4-5-7-17-11)13-9-15(20-3)14(19-2)8-12(13)16/h4-9H,10,16H2,1-3H3. The molecule has 0 aliphatic rings. The molecule has 0 atom stereocenters. The summed E-state index contributed by atoms with van der Waals surface area (Å²) in [5.74, 6) is 1.28. The molecule has 2 N–H and O–H groups in total. The minimum Gasteiger partial charge on any atom is -0.493 e. The van der Waals surface area contributed by atoms with E-state index in [-0.39, 0.29) is 0 Å². The molecule has 2 aromatic rings. The summed E-state index contributed by atoms with van der Waals surface area (Å²) in [6.45, 7) is 0.667. The monoisotopic (exact) mass is 273 g/mol. The van der Waals surface area contributed by atoms with Crippen LogP contribution in [0.4, 0.5) is 11.4 Å². The first-order valence-electron chi connectivity index (χ1n) is 6.28. The first kappa shape index (κ1) is 14.0. The van der Waals surface area contributed by atoms with E-state index in [1.165, 1.54) is 0 Å². The van der Waals surface area contributed by atoms with E-state index in [4.69, 9.17) is 15.2 Å². The molecule has 20 heavy (non-hydrogen) atoms. The Morgan fingerprint density at radius 1 is 1.15 bits per heavy atom. The van der Waals surface area contributed by atoms with Crippen LogP contribution in [-0.2, 0) is 6.54 Å². The topological polar surface area (TPSA) is 60.6 Å². The molecule has 0 fully saturated rings. The smallest absolute Gasteiger partial charge is 0.162 e. The number of pyridine rings is 1. The molecule has 0 saturated carbocycles. The van der Waals surface area contributed by atoms with Crippen molar-refractivity contribution in [2.45, 2.75) is 6.54 Å². The van der Waals surface area contributed by atoms with Crippen LogP contribution in [0.1, 0.15) is 5.69 Å². The molecule has 0 radical (unpaired) electrons. The molecular weight excluding hydrogens is 254 g/mol. The Kier molecular flexibility index (Phi) is 4.30. The van der Waals surface area contributed by atoms with Crippen molar-refractivity contribution in [3.05, 3.63) is 42.2 Å². The quantitative estimate of drug-likeness (QED) is 0.847. The summed E-state index contributed by atoms with van der Waals surface area (Å²) >= 11 is 0. The van der Waals surface area contributed by atoms with Gasteiger partial charge in [0, 0.05) is 25.4 Å². The average molecular weight is 273 g/mol. The van der Waals surface area contributed by atoms with E-state index >= 15 is 0 Å². The van der Waals surface area contributed by atoms with Gasteiger partial charge in [0.15, 0.2) is 11.5 Å². The maximum absolute atomic E-state index is 6.08. The average Bonchev–Trinajstić information content (AvgIpc) is 2.47. The zero-order valence-electron chi connectivity index (χ0n) is 12.0. The van der Waals surface area contributed by atoms with Gasteiger partial charge in [-0.1, -0.05) is 6.07 Å². The van der Waals surface area contributed by atoms with Gasteiger partial charge in [-0.3, -0.25) is 4.98 Å². The van der Waals surface area contributed by atoms with Crippen molar-refractivity contribution >= 4 is 11.4 Å². The summed E-state index contributed by atoms with van der Waals surface area (Å²) in [5, 5.41) is 0. The van der Waals surface area contributed by atoms with Gasteiger partial charge in [-0.2, -0.15) is 0 Å². The number of aromatic nitrogens is 1. The molecule has 0 aliphatic carbocycles. The predicted octanol–water partition coefficient (Wildman–Crippen LogP) is 2.32. The van der Waals surface area contributed by atoms with Crippen molar-refractivity contribution in [2.75, 3.05) is 31.9 Å². The second kappa shape index (κ2) is 6.14. The number of methoxy groups -OCH3 is 2. The van der Waals surface area contributed by atoms with Crippen LogP contribution in [0.15, 0.2) is 36.5 Å². The Bertz CT molecular complexity index is 573. The number of benzene rings is 1. The largest absolute Gasteiger partial charge is 0.493 e. The normalized spacial score (nSPS) is 10.2. The Morgan fingerprint density at radius 3 is 2.45 bits per heavy atom. The second-order valence-electron chi connectivity index (χ2n) is 4.44. The van der Waals surface area contributed by atoms with E-state index in [1.54, 1.807) is 26.5 Å². The molecule has 1 aromatic carbocycles. The molecule has 2 rings (SSSR count). The van der Waals surface area contributed by atoms with E-state index in [2.05, 4.69) is 4.98 Å². The summed E-state index contributed by atoms with van der Waals surface area (Å²) in [6.07, 6.45) is 1.78. The van der Waals surface area contributed by atoms with Gasteiger partial charge in [-0.15, -0.1) is 0 Å². The van der Waals surface area contributed by atoms with E-state index in [1.807, 2.05) is 36.2 Å². The van der Waals surface area contributed by atoms with E-state index < -0.39 is 0 Å². The summed E-state index contributed by atoms with van der Waals surface area (Å²) in [6, 6.07) is 9.48. The molecule has 1 heterocycles. The SMILES string of the molecule is COc1cc(N)c(N(C)Cc2ccccn2)cc1OC. The van der Waals surface area contributed by atoms with Crippen LogP contribution in [0.3, 0.4) is 0 Å². The van der Waals surface area contributed by atoms with Crippen molar-refractivity contribution < 1.29 is 9.47 Å². The van der Waals surface area contributed by atoms with Crippen molar-refractivity contribution in [2.24, 2.45) is 0 Å². The molecular formula is C15H19N3O2. The third kappa shape index (κ3) is 2.93. The van der Waals surface area contributed by atoms with Gasteiger partial charge in [0.25, 0.3) is 0 Å². The molecule has 0 aliphatic heterocycles. The van der Waals surface area contributed by atoms with E-state index in [0.29, 0.717) is 23.7 Å². The molecule has 1 aromatic heterocycles. The van der Waals surface area contributed by atoms with Gasteiger partial charge in [0.1, 0.15) is 0 Å². The van der Waals surface area contributed by atoms with Gasteiger partial charge in [-0.25, -0.2) is 0 Å². The minimum absolute atomic E-state index is 0.625.